The van der Waals surface area contributed by atoms with Gasteiger partial charge >= 0.3 is 0 Å². The van der Waals surface area contributed by atoms with E-state index in [1.807, 2.05) is 23.0 Å². The Morgan fingerprint density at radius 2 is 2.11 bits per heavy atom. The second-order valence-corrected chi connectivity index (χ2v) is 5.43. The van der Waals surface area contributed by atoms with Crippen LogP contribution < -0.4 is 4.74 Å². The van der Waals surface area contributed by atoms with Crippen molar-refractivity contribution in [3.8, 4) is 5.75 Å². The lowest BCUT2D eigenvalue weighted by Gasteiger charge is -2.12. The summed E-state index contributed by atoms with van der Waals surface area (Å²) >= 11 is 3.49. The van der Waals surface area contributed by atoms with E-state index in [1.165, 1.54) is 5.56 Å². The lowest BCUT2D eigenvalue weighted by Crippen LogP contribution is -2.04. The van der Waals surface area contributed by atoms with Crippen molar-refractivity contribution in [3.05, 3.63) is 47.3 Å². The Balaban J connectivity index is 2.09. The quantitative estimate of drug-likeness (QED) is 0.769. The summed E-state index contributed by atoms with van der Waals surface area (Å²) in [4.78, 5) is 0. The van der Waals surface area contributed by atoms with Crippen LogP contribution in [0.5, 0.6) is 5.75 Å². The molecule has 4 heteroatoms. The number of nitrogens with zero attached hydrogens (tertiary/aromatic N) is 2. The Bertz CT molecular complexity index is 549. The van der Waals surface area contributed by atoms with Crippen LogP contribution in [0.2, 0.25) is 0 Å². The second-order valence-electron chi connectivity index (χ2n) is 4.87. The maximum Gasteiger partial charge on any atom is 0.132 e. The Hall–Kier alpha value is -1.29. The summed E-state index contributed by atoms with van der Waals surface area (Å²) in [5.41, 5.74) is 3.28. The third-order valence-corrected chi connectivity index (χ3v) is 3.60. The highest BCUT2D eigenvalue weighted by molar-refractivity contribution is 9.08. The van der Waals surface area contributed by atoms with Crippen molar-refractivity contribution in [2.75, 3.05) is 0 Å². The van der Waals surface area contributed by atoms with Gasteiger partial charge in [-0.3, -0.25) is 4.68 Å². The molecular weight excluding hydrogens is 304 g/mol. The molecule has 0 unspecified atom stereocenters. The van der Waals surface area contributed by atoms with Crippen molar-refractivity contribution >= 4 is 15.9 Å². The summed E-state index contributed by atoms with van der Waals surface area (Å²) < 4.78 is 7.88. The third kappa shape index (κ3) is 3.38. The molecule has 0 aliphatic heterocycles. The molecule has 2 rings (SSSR count). The van der Waals surface area contributed by atoms with Gasteiger partial charge in [-0.15, -0.1) is 0 Å². The number of aromatic nitrogens is 2. The molecule has 19 heavy (non-hydrogen) atoms. The van der Waals surface area contributed by atoms with Gasteiger partial charge < -0.3 is 4.74 Å². The topological polar surface area (TPSA) is 27.1 Å². The molecule has 0 amide bonds. The molecule has 0 radical (unpaired) electrons. The van der Waals surface area contributed by atoms with E-state index in [1.54, 1.807) is 0 Å². The van der Waals surface area contributed by atoms with Crippen molar-refractivity contribution in [3.63, 3.8) is 0 Å². The highest BCUT2D eigenvalue weighted by Crippen LogP contribution is 2.26. The zero-order valence-electron chi connectivity index (χ0n) is 11.6. The number of halogens is 1. The zero-order chi connectivity index (χ0) is 13.8. The van der Waals surface area contributed by atoms with Crippen LogP contribution in [0.4, 0.5) is 0 Å². The number of alkyl halides is 1. The van der Waals surface area contributed by atoms with Crippen LogP contribution in [0.3, 0.4) is 0 Å². The second kappa shape index (κ2) is 6.24. The van der Waals surface area contributed by atoms with Gasteiger partial charge in [0.15, 0.2) is 0 Å². The van der Waals surface area contributed by atoms with Crippen LogP contribution in [0.15, 0.2) is 30.5 Å². The number of hydrogen-bond acceptors (Lipinski definition) is 2. The average molecular weight is 323 g/mol. The molecule has 0 aliphatic rings. The fourth-order valence-electron chi connectivity index (χ4n) is 1.91. The van der Waals surface area contributed by atoms with Crippen LogP contribution in [0, 0.1) is 6.92 Å². The van der Waals surface area contributed by atoms with Gasteiger partial charge in [0.25, 0.3) is 0 Å². The lowest BCUT2D eigenvalue weighted by molar-refractivity contribution is 0.294. The average Bonchev–Trinajstić information content (AvgIpc) is 2.86. The molecule has 1 aromatic carbocycles. The highest BCUT2D eigenvalue weighted by atomic mass is 79.9. The van der Waals surface area contributed by atoms with Gasteiger partial charge in [-0.05, 0) is 32.4 Å². The van der Waals surface area contributed by atoms with Crippen molar-refractivity contribution in [1.29, 1.82) is 0 Å². The monoisotopic (exact) mass is 322 g/mol. The van der Waals surface area contributed by atoms with Crippen LogP contribution in [0.25, 0.3) is 0 Å². The molecule has 0 atom stereocenters. The summed E-state index contributed by atoms with van der Waals surface area (Å²) in [6, 6.07) is 8.57. The molecule has 3 nitrogen and oxygen atoms in total. The molecule has 0 spiro atoms. The fourth-order valence-corrected chi connectivity index (χ4v) is 2.35. The van der Waals surface area contributed by atoms with E-state index in [4.69, 9.17) is 4.74 Å². The number of rotatable bonds is 5. The molecule has 0 N–H and O–H groups in total. The first kappa shape index (κ1) is 14.1. The molecule has 0 fully saturated rings. The molecule has 0 saturated heterocycles. The van der Waals surface area contributed by atoms with Gasteiger partial charge in [0.1, 0.15) is 12.4 Å². The van der Waals surface area contributed by atoms with Crippen molar-refractivity contribution < 1.29 is 4.74 Å². The minimum atomic E-state index is 0.380. The maximum absolute atomic E-state index is 5.93. The molecule has 2 aromatic rings. The predicted octanol–water partition coefficient (Wildman–Crippen LogP) is 4.25. The first-order chi connectivity index (χ1) is 9.11. The molecule has 102 valence electrons. The third-order valence-electron chi connectivity index (χ3n) is 2.99. The standard InChI is InChI=1S/C15H19BrN2O/c1-11(2)18-8-7-14(17-18)10-19-15-12(3)5-4-6-13(15)9-16/h4-8,11H,9-10H2,1-3H3. The largest absolute Gasteiger partial charge is 0.487 e. The summed E-state index contributed by atoms with van der Waals surface area (Å²) in [6.45, 7) is 6.79. The van der Waals surface area contributed by atoms with E-state index in [-0.39, 0.29) is 0 Å². The minimum absolute atomic E-state index is 0.380. The first-order valence-electron chi connectivity index (χ1n) is 6.43. The van der Waals surface area contributed by atoms with Crippen LogP contribution >= 0.6 is 15.9 Å². The Kier molecular flexibility index (Phi) is 4.64. The van der Waals surface area contributed by atoms with Gasteiger partial charge in [-0.25, -0.2) is 0 Å². The number of ether oxygens (including phenoxy) is 1. The fraction of sp³-hybridized carbons (Fsp3) is 0.400. The van der Waals surface area contributed by atoms with E-state index in [2.05, 4.69) is 53.9 Å². The van der Waals surface area contributed by atoms with E-state index < -0.39 is 0 Å². The summed E-state index contributed by atoms with van der Waals surface area (Å²) in [5.74, 6) is 0.957. The lowest BCUT2D eigenvalue weighted by atomic mass is 10.1. The molecular formula is C15H19BrN2O. The SMILES string of the molecule is Cc1cccc(CBr)c1OCc1ccn(C(C)C)n1. The zero-order valence-corrected chi connectivity index (χ0v) is 13.1. The highest BCUT2D eigenvalue weighted by Gasteiger charge is 2.08. The molecule has 1 heterocycles. The smallest absolute Gasteiger partial charge is 0.132 e. The summed E-state index contributed by atoms with van der Waals surface area (Å²) in [7, 11) is 0. The van der Waals surface area contributed by atoms with Gasteiger partial charge in [0.2, 0.25) is 0 Å². The number of benzene rings is 1. The van der Waals surface area contributed by atoms with Gasteiger partial charge in [0, 0.05) is 23.1 Å². The predicted molar refractivity (Wildman–Crippen MR) is 80.8 cm³/mol. The summed E-state index contributed by atoms with van der Waals surface area (Å²) in [6.07, 6.45) is 1.99. The molecule has 0 saturated carbocycles. The van der Waals surface area contributed by atoms with Gasteiger partial charge in [-0.1, -0.05) is 34.1 Å². The number of aryl methyl sites for hydroxylation is 1. The van der Waals surface area contributed by atoms with Crippen LogP contribution in [-0.4, -0.2) is 9.78 Å². The molecule has 0 bridgehead atoms. The first-order valence-corrected chi connectivity index (χ1v) is 7.55. The van der Waals surface area contributed by atoms with E-state index >= 15 is 0 Å². The van der Waals surface area contributed by atoms with Crippen LogP contribution in [0.1, 0.15) is 36.7 Å². The van der Waals surface area contributed by atoms with E-state index in [9.17, 15) is 0 Å². The maximum atomic E-state index is 5.93. The molecule has 0 aliphatic carbocycles. The Labute approximate surface area is 122 Å². The van der Waals surface area contributed by atoms with Gasteiger partial charge in [-0.2, -0.15) is 5.10 Å². The van der Waals surface area contributed by atoms with Crippen molar-refractivity contribution in [1.82, 2.24) is 9.78 Å². The minimum Gasteiger partial charge on any atom is -0.487 e. The Morgan fingerprint density at radius 3 is 2.74 bits per heavy atom. The number of para-hydroxylation sites is 1. The number of hydrogen-bond donors (Lipinski definition) is 0. The Morgan fingerprint density at radius 1 is 1.32 bits per heavy atom. The van der Waals surface area contributed by atoms with Crippen molar-refractivity contribution in [2.24, 2.45) is 0 Å². The normalized spacial score (nSPS) is 11.0. The van der Waals surface area contributed by atoms with E-state index in [0.29, 0.717) is 12.6 Å². The molecule has 1 aromatic heterocycles. The van der Waals surface area contributed by atoms with Gasteiger partial charge in [0.05, 0.1) is 5.69 Å². The van der Waals surface area contributed by atoms with Crippen LogP contribution in [-0.2, 0) is 11.9 Å². The van der Waals surface area contributed by atoms with E-state index in [0.717, 1.165) is 22.3 Å². The summed E-state index contributed by atoms with van der Waals surface area (Å²) in [5, 5.41) is 5.29. The van der Waals surface area contributed by atoms with Crippen molar-refractivity contribution in [2.45, 2.75) is 38.8 Å².